The Hall–Kier alpha value is -2.76. The van der Waals surface area contributed by atoms with Crippen molar-refractivity contribution in [1.82, 2.24) is 19.8 Å². The van der Waals surface area contributed by atoms with Crippen LogP contribution in [-0.4, -0.2) is 66.2 Å². The Morgan fingerprint density at radius 2 is 2.03 bits per heavy atom. The molecule has 0 saturated carbocycles. The second-order valence-electron chi connectivity index (χ2n) is 7.41. The molecule has 1 aromatic heterocycles. The summed E-state index contributed by atoms with van der Waals surface area (Å²) in [6.07, 6.45) is 5.07. The van der Waals surface area contributed by atoms with E-state index in [9.17, 15) is 13.2 Å². The SMILES string of the molecule is COC1(C(=O)NC2CCc3ccccc32)CCN(S(=O)(=O)c2cn[nH]c2)CC1.O=CO. The lowest BCUT2D eigenvalue weighted by Crippen LogP contribution is -2.56. The number of carboxylic acid groups (broad SMARTS) is 1. The maximum Gasteiger partial charge on any atom is 0.290 e. The van der Waals surface area contributed by atoms with Gasteiger partial charge in [-0.05, 0) is 36.8 Å². The van der Waals surface area contributed by atoms with Crippen LogP contribution in [0, 0.1) is 0 Å². The molecule has 1 aromatic carbocycles. The van der Waals surface area contributed by atoms with Crippen LogP contribution in [0.1, 0.15) is 36.4 Å². The van der Waals surface area contributed by atoms with Crippen molar-refractivity contribution in [2.24, 2.45) is 0 Å². The van der Waals surface area contributed by atoms with Gasteiger partial charge in [0.1, 0.15) is 10.5 Å². The van der Waals surface area contributed by atoms with Crippen molar-refractivity contribution < 1.29 is 27.9 Å². The predicted molar refractivity (Wildman–Crippen MR) is 111 cm³/mol. The fraction of sp³-hybridized carbons (Fsp3) is 0.450. The summed E-state index contributed by atoms with van der Waals surface area (Å²) in [7, 11) is -2.10. The molecule has 1 amide bonds. The fourth-order valence-electron chi connectivity index (χ4n) is 4.14. The number of amides is 1. The van der Waals surface area contributed by atoms with Crippen molar-refractivity contribution in [1.29, 1.82) is 0 Å². The normalized spacial score (nSPS) is 20.2. The molecule has 10 nitrogen and oxygen atoms in total. The van der Waals surface area contributed by atoms with Crippen molar-refractivity contribution in [2.75, 3.05) is 20.2 Å². The summed E-state index contributed by atoms with van der Waals surface area (Å²) < 4.78 is 32.3. The molecule has 1 fully saturated rings. The van der Waals surface area contributed by atoms with E-state index in [0.29, 0.717) is 12.8 Å². The number of aromatic nitrogens is 2. The van der Waals surface area contributed by atoms with E-state index in [4.69, 9.17) is 14.6 Å². The number of hydrogen-bond donors (Lipinski definition) is 3. The highest BCUT2D eigenvalue weighted by Gasteiger charge is 2.45. The minimum atomic E-state index is -3.61. The molecule has 0 radical (unpaired) electrons. The number of aryl methyl sites for hydroxylation is 1. The highest BCUT2D eigenvalue weighted by Crippen LogP contribution is 2.34. The minimum Gasteiger partial charge on any atom is -0.483 e. The Kier molecular flexibility index (Phi) is 7.08. The van der Waals surface area contributed by atoms with Crippen LogP contribution < -0.4 is 5.32 Å². The smallest absolute Gasteiger partial charge is 0.290 e. The lowest BCUT2D eigenvalue weighted by molar-refractivity contribution is -0.149. The largest absolute Gasteiger partial charge is 0.483 e. The molecule has 0 spiro atoms. The first-order valence-electron chi connectivity index (χ1n) is 9.88. The van der Waals surface area contributed by atoms with E-state index < -0.39 is 15.6 Å². The van der Waals surface area contributed by atoms with Crippen LogP contribution in [0.5, 0.6) is 0 Å². The number of methoxy groups -OCH3 is 1. The second kappa shape index (κ2) is 9.58. The molecular weight excluding hydrogens is 424 g/mol. The van der Waals surface area contributed by atoms with Crippen molar-refractivity contribution in [3.05, 3.63) is 47.8 Å². The number of fused-ring (bicyclic) bond motifs is 1. The molecule has 31 heavy (non-hydrogen) atoms. The zero-order valence-corrected chi connectivity index (χ0v) is 18.0. The van der Waals surface area contributed by atoms with Crippen LogP contribution in [0.2, 0.25) is 0 Å². The van der Waals surface area contributed by atoms with Crippen molar-refractivity contribution >= 4 is 22.4 Å². The highest BCUT2D eigenvalue weighted by atomic mass is 32.2. The number of ether oxygens (including phenoxy) is 1. The van der Waals surface area contributed by atoms with E-state index in [2.05, 4.69) is 21.6 Å². The third kappa shape index (κ3) is 4.63. The maximum absolute atomic E-state index is 13.1. The summed E-state index contributed by atoms with van der Waals surface area (Å²) in [4.78, 5) is 21.6. The molecule has 0 bridgehead atoms. The number of aromatic amines is 1. The topological polar surface area (TPSA) is 142 Å². The number of H-pyrrole nitrogens is 1. The summed E-state index contributed by atoms with van der Waals surface area (Å²) in [5.41, 5.74) is 1.40. The van der Waals surface area contributed by atoms with E-state index in [1.165, 1.54) is 29.4 Å². The number of nitrogens with one attached hydrogen (secondary N) is 2. The summed E-state index contributed by atoms with van der Waals surface area (Å²) >= 11 is 0. The van der Waals surface area contributed by atoms with Gasteiger partial charge in [-0.1, -0.05) is 24.3 Å². The Morgan fingerprint density at radius 3 is 2.65 bits per heavy atom. The molecule has 1 atom stereocenters. The summed E-state index contributed by atoms with van der Waals surface area (Å²) in [6, 6.07) is 8.10. The quantitative estimate of drug-likeness (QED) is 0.579. The van der Waals surface area contributed by atoms with Crippen molar-refractivity contribution in [2.45, 2.75) is 42.2 Å². The molecule has 168 valence electrons. The van der Waals surface area contributed by atoms with Crippen LogP contribution in [0.3, 0.4) is 0 Å². The van der Waals surface area contributed by atoms with E-state index in [-0.39, 0.29) is 36.4 Å². The molecule has 1 unspecified atom stereocenters. The Labute approximate surface area is 180 Å². The van der Waals surface area contributed by atoms with E-state index in [0.717, 1.165) is 18.4 Å². The van der Waals surface area contributed by atoms with Crippen LogP contribution in [0.15, 0.2) is 41.6 Å². The van der Waals surface area contributed by atoms with Gasteiger partial charge in [0.25, 0.3) is 12.4 Å². The lowest BCUT2D eigenvalue weighted by atomic mass is 9.90. The van der Waals surface area contributed by atoms with Gasteiger partial charge in [0.15, 0.2) is 0 Å². The molecular formula is C20H26N4O6S. The number of hydrogen-bond acceptors (Lipinski definition) is 6. The molecule has 1 aliphatic carbocycles. The minimum absolute atomic E-state index is 0.0246. The van der Waals surface area contributed by atoms with Crippen LogP contribution >= 0.6 is 0 Å². The monoisotopic (exact) mass is 450 g/mol. The summed E-state index contributed by atoms with van der Waals surface area (Å²) in [5.74, 6) is -0.169. The molecule has 4 rings (SSSR count). The van der Waals surface area contributed by atoms with Crippen LogP contribution in [0.4, 0.5) is 0 Å². The Bertz CT molecular complexity index is 1000. The van der Waals surface area contributed by atoms with Gasteiger partial charge in [-0.15, -0.1) is 0 Å². The average molecular weight is 451 g/mol. The number of carbonyl (C=O) groups excluding carboxylic acids is 1. The van der Waals surface area contributed by atoms with E-state index >= 15 is 0 Å². The summed E-state index contributed by atoms with van der Waals surface area (Å²) in [6.45, 7) is 0.187. The Morgan fingerprint density at radius 1 is 1.35 bits per heavy atom. The number of piperidine rings is 1. The molecule has 11 heteroatoms. The first-order valence-corrected chi connectivity index (χ1v) is 11.3. The van der Waals surface area contributed by atoms with Gasteiger partial charge in [-0.25, -0.2) is 8.42 Å². The average Bonchev–Trinajstić information content (AvgIpc) is 3.45. The molecule has 2 aliphatic rings. The van der Waals surface area contributed by atoms with Gasteiger partial charge in [0.2, 0.25) is 10.0 Å². The second-order valence-corrected chi connectivity index (χ2v) is 9.34. The third-order valence-electron chi connectivity index (χ3n) is 5.88. The molecule has 3 N–H and O–H groups in total. The molecule has 1 saturated heterocycles. The number of nitrogens with zero attached hydrogens (tertiary/aromatic N) is 2. The summed E-state index contributed by atoms with van der Waals surface area (Å²) in [5, 5.41) is 16.3. The van der Waals surface area contributed by atoms with Gasteiger partial charge < -0.3 is 15.2 Å². The van der Waals surface area contributed by atoms with E-state index in [1.807, 2.05) is 18.2 Å². The molecule has 1 aliphatic heterocycles. The van der Waals surface area contributed by atoms with Gasteiger partial charge in [0.05, 0.1) is 12.2 Å². The van der Waals surface area contributed by atoms with Gasteiger partial charge >= 0.3 is 0 Å². The maximum atomic E-state index is 13.1. The predicted octanol–water partition coefficient (Wildman–Crippen LogP) is 1.08. The number of rotatable bonds is 5. The molecule has 2 heterocycles. The molecule has 2 aromatic rings. The van der Waals surface area contributed by atoms with Gasteiger partial charge in [-0.2, -0.15) is 9.40 Å². The van der Waals surface area contributed by atoms with Crippen molar-refractivity contribution in [3.63, 3.8) is 0 Å². The van der Waals surface area contributed by atoms with Gasteiger partial charge in [-0.3, -0.25) is 14.7 Å². The van der Waals surface area contributed by atoms with Crippen LogP contribution in [-0.2, 0) is 30.8 Å². The lowest BCUT2D eigenvalue weighted by Gasteiger charge is -2.39. The Balaban J connectivity index is 0.000000858. The zero-order valence-electron chi connectivity index (χ0n) is 17.2. The first kappa shape index (κ1) is 22.9. The van der Waals surface area contributed by atoms with Crippen LogP contribution in [0.25, 0.3) is 0 Å². The first-order chi connectivity index (χ1) is 14.9. The fourth-order valence-corrected chi connectivity index (χ4v) is 5.49. The van der Waals surface area contributed by atoms with E-state index in [1.54, 1.807) is 0 Å². The van der Waals surface area contributed by atoms with Crippen molar-refractivity contribution in [3.8, 4) is 0 Å². The standard InChI is InChI=1S/C19H24N4O4S.CH2O2/c1-27-19(18(24)22-17-7-6-14-4-2-3-5-16(14)17)8-10-23(11-9-19)28(25,26)15-12-20-21-13-15;2-1-3/h2-5,12-13,17H,6-11H2,1H3,(H,20,21)(H,22,24);1H,(H,2,3). The number of sulfonamides is 1. The number of carbonyl (C=O) groups is 2. The highest BCUT2D eigenvalue weighted by molar-refractivity contribution is 7.89. The zero-order chi connectivity index (χ0) is 22.5. The number of benzene rings is 1. The third-order valence-corrected chi connectivity index (χ3v) is 7.75. The van der Waals surface area contributed by atoms with Gasteiger partial charge in [0, 0.05) is 26.4 Å².